The summed E-state index contributed by atoms with van der Waals surface area (Å²) in [6.07, 6.45) is 1.30. The number of methoxy groups -OCH3 is 1. The summed E-state index contributed by atoms with van der Waals surface area (Å²) in [6.45, 7) is 0. The molecule has 0 fully saturated rings. The van der Waals surface area contributed by atoms with Gasteiger partial charge in [0.05, 0.1) is 17.7 Å². The number of benzene rings is 4. The molecular weight excluding hydrogens is 474 g/mol. The van der Waals surface area contributed by atoms with Crippen LogP contribution >= 0.6 is 0 Å². The minimum Gasteiger partial charge on any atom is -0.497 e. The van der Waals surface area contributed by atoms with Gasteiger partial charge in [-0.3, -0.25) is 9.52 Å². The van der Waals surface area contributed by atoms with E-state index in [1.807, 2.05) is 24.3 Å². The quantitative estimate of drug-likeness (QED) is 0.276. The van der Waals surface area contributed by atoms with Gasteiger partial charge in [0.15, 0.2) is 0 Å². The van der Waals surface area contributed by atoms with Gasteiger partial charge in [-0.2, -0.15) is 0 Å². The Morgan fingerprint density at radius 2 is 1.50 bits per heavy atom. The van der Waals surface area contributed by atoms with Gasteiger partial charge in [-0.05, 0) is 90.7 Å². The molecule has 0 bridgehead atoms. The maximum atomic E-state index is 12.9. The lowest BCUT2D eigenvalue weighted by Crippen LogP contribution is -2.14. The first-order chi connectivity index (χ1) is 17.3. The van der Waals surface area contributed by atoms with Crippen molar-refractivity contribution in [1.82, 2.24) is 0 Å². The minimum absolute atomic E-state index is 0.158. The van der Waals surface area contributed by atoms with E-state index in [2.05, 4.69) is 10.0 Å². The van der Waals surface area contributed by atoms with Crippen molar-refractivity contribution < 1.29 is 17.9 Å². The number of aryl methyl sites for hydroxylation is 2. The number of nitrogens with one attached hydrogen (secondary N) is 2. The maximum Gasteiger partial charge on any atom is 0.261 e. The second-order valence-electron chi connectivity index (χ2n) is 8.21. The van der Waals surface area contributed by atoms with Crippen LogP contribution in [0.15, 0.2) is 102 Å². The number of hydrogen-bond donors (Lipinski definition) is 3. The van der Waals surface area contributed by atoms with Gasteiger partial charge in [-0.25, -0.2) is 8.42 Å². The summed E-state index contributed by atoms with van der Waals surface area (Å²) >= 11 is 0. The third kappa shape index (κ3) is 6.22. The molecule has 0 aliphatic heterocycles. The zero-order valence-corrected chi connectivity index (χ0v) is 20.6. The molecule has 0 atom stereocenters. The SMILES string of the molecule is COc1ccc(S(=O)(=O)Nc2ccccc2CCc2ccc(C(=O)Nc3ccc(N)cc3)cc2)cc1. The van der Waals surface area contributed by atoms with E-state index < -0.39 is 10.0 Å². The van der Waals surface area contributed by atoms with Gasteiger partial charge in [0.1, 0.15) is 5.75 Å². The lowest BCUT2D eigenvalue weighted by Gasteiger charge is -2.13. The first kappa shape index (κ1) is 24.8. The number of hydrogen-bond acceptors (Lipinski definition) is 5. The lowest BCUT2D eigenvalue weighted by atomic mass is 10.0. The highest BCUT2D eigenvalue weighted by atomic mass is 32.2. The number of para-hydroxylation sites is 1. The van der Waals surface area contributed by atoms with E-state index in [4.69, 9.17) is 10.5 Å². The Morgan fingerprint density at radius 1 is 0.833 bits per heavy atom. The molecular formula is C28H27N3O4S. The number of carbonyl (C=O) groups excluding carboxylic acids is 1. The molecule has 0 spiro atoms. The maximum absolute atomic E-state index is 12.9. The normalized spacial score (nSPS) is 11.0. The highest BCUT2D eigenvalue weighted by Gasteiger charge is 2.16. The first-order valence-electron chi connectivity index (χ1n) is 11.3. The Kier molecular flexibility index (Phi) is 7.56. The van der Waals surface area contributed by atoms with Crippen molar-refractivity contribution >= 4 is 33.0 Å². The first-order valence-corrected chi connectivity index (χ1v) is 12.8. The zero-order chi connectivity index (χ0) is 25.5. The third-order valence-corrected chi connectivity index (χ3v) is 7.08. The van der Waals surface area contributed by atoms with Gasteiger partial charge < -0.3 is 15.8 Å². The molecule has 0 unspecified atom stereocenters. The minimum atomic E-state index is -3.74. The summed E-state index contributed by atoms with van der Waals surface area (Å²) in [7, 11) is -2.21. The smallest absolute Gasteiger partial charge is 0.261 e. The Hall–Kier alpha value is -4.30. The molecule has 4 rings (SSSR count). The van der Waals surface area contributed by atoms with Gasteiger partial charge in [0.2, 0.25) is 0 Å². The average molecular weight is 502 g/mol. The highest BCUT2D eigenvalue weighted by Crippen LogP contribution is 2.23. The monoisotopic (exact) mass is 501 g/mol. The molecule has 1 amide bonds. The number of ether oxygens (including phenoxy) is 1. The molecule has 0 aromatic heterocycles. The summed E-state index contributed by atoms with van der Waals surface area (Å²) in [5.41, 5.74) is 9.97. The summed E-state index contributed by atoms with van der Waals surface area (Å²) in [5.74, 6) is 0.382. The number of anilines is 3. The van der Waals surface area contributed by atoms with E-state index >= 15 is 0 Å². The number of nitrogen functional groups attached to an aromatic ring is 1. The second-order valence-corrected chi connectivity index (χ2v) is 9.89. The van der Waals surface area contributed by atoms with Crippen LogP contribution in [0.25, 0.3) is 0 Å². The number of carbonyl (C=O) groups is 1. The molecule has 0 saturated carbocycles. The van der Waals surface area contributed by atoms with Gasteiger partial charge >= 0.3 is 0 Å². The Bertz CT molecular complexity index is 1430. The van der Waals surface area contributed by atoms with Gasteiger partial charge in [0, 0.05) is 16.9 Å². The number of nitrogens with two attached hydrogens (primary N) is 1. The summed E-state index contributed by atoms with van der Waals surface area (Å²) in [4.78, 5) is 12.7. The molecule has 184 valence electrons. The van der Waals surface area contributed by atoms with E-state index in [9.17, 15) is 13.2 Å². The van der Waals surface area contributed by atoms with Crippen LogP contribution in [-0.4, -0.2) is 21.4 Å². The molecule has 0 saturated heterocycles. The van der Waals surface area contributed by atoms with Crippen LogP contribution in [0.4, 0.5) is 17.1 Å². The van der Waals surface area contributed by atoms with Gasteiger partial charge in [-0.15, -0.1) is 0 Å². The highest BCUT2D eigenvalue weighted by molar-refractivity contribution is 7.92. The third-order valence-electron chi connectivity index (χ3n) is 5.70. The lowest BCUT2D eigenvalue weighted by molar-refractivity contribution is 0.102. The zero-order valence-electron chi connectivity index (χ0n) is 19.8. The fourth-order valence-electron chi connectivity index (χ4n) is 3.67. The van der Waals surface area contributed by atoms with Crippen molar-refractivity contribution in [2.45, 2.75) is 17.7 Å². The molecule has 8 heteroatoms. The van der Waals surface area contributed by atoms with Crippen LogP contribution < -0.4 is 20.5 Å². The molecule has 0 radical (unpaired) electrons. The van der Waals surface area contributed by atoms with Gasteiger partial charge in [-0.1, -0.05) is 30.3 Å². The molecule has 0 aliphatic carbocycles. The van der Waals surface area contributed by atoms with Crippen LogP contribution in [-0.2, 0) is 22.9 Å². The number of amides is 1. The average Bonchev–Trinajstić information content (AvgIpc) is 2.89. The Balaban J connectivity index is 1.40. The van der Waals surface area contributed by atoms with Crippen LogP contribution in [0, 0.1) is 0 Å². The Labute approximate surface area is 211 Å². The molecule has 36 heavy (non-hydrogen) atoms. The number of rotatable bonds is 9. The van der Waals surface area contributed by atoms with Crippen molar-refractivity contribution in [2.75, 3.05) is 22.9 Å². The van der Waals surface area contributed by atoms with Crippen molar-refractivity contribution in [3.63, 3.8) is 0 Å². The predicted octanol–water partition coefficient (Wildman–Crippen LogP) is 5.12. The topological polar surface area (TPSA) is 111 Å². The van der Waals surface area contributed by atoms with Gasteiger partial charge in [0.25, 0.3) is 15.9 Å². The summed E-state index contributed by atoms with van der Waals surface area (Å²) in [5, 5.41) is 2.85. The fraction of sp³-hybridized carbons (Fsp3) is 0.107. The molecule has 0 heterocycles. The standard InChI is InChI=1S/C28H27N3O4S/c1-35-25-16-18-26(19-17-25)36(33,34)31-27-5-3-2-4-21(27)9-6-20-7-10-22(11-8-20)28(32)30-24-14-12-23(29)13-15-24/h2-5,7-8,10-19,31H,6,9,29H2,1H3,(H,30,32). The van der Waals surface area contributed by atoms with Crippen molar-refractivity contribution in [3.8, 4) is 5.75 Å². The van der Waals surface area contributed by atoms with Crippen molar-refractivity contribution in [2.24, 2.45) is 0 Å². The van der Waals surface area contributed by atoms with Crippen LogP contribution in [0.5, 0.6) is 5.75 Å². The van der Waals surface area contributed by atoms with E-state index in [-0.39, 0.29) is 10.8 Å². The molecule has 7 nitrogen and oxygen atoms in total. The van der Waals surface area contributed by atoms with Crippen LogP contribution in [0.3, 0.4) is 0 Å². The van der Waals surface area contributed by atoms with Crippen molar-refractivity contribution in [3.05, 3.63) is 114 Å². The molecule has 4 N–H and O–H groups in total. The number of sulfonamides is 1. The van der Waals surface area contributed by atoms with Crippen molar-refractivity contribution in [1.29, 1.82) is 0 Å². The van der Waals surface area contributed by atoms with Crippen LogP contribution in [0.1, 0.15) is 21.5 Å². The van der Waals surface area contributed by atoms with Crippen LogP contribution in [0.2, 0.25) is 0 Å². The molecule has 4 aromatic rings. The fourth-order valence-corrected chi connectivity index (χ4v) is 4.77. The summed E-state index contributed by atoms with van der Waals surface area (Å²) in [6, 6.07) is 27.9. The largest absolute Gasteiger partial charge is 0.497 e. The Morgan fingerprint density at radius 3 is 2.17 bits per heavy atom. The van der Waals surface area contributed by atoms with E-state index in [0.717, 1.165) is 11.1 Å². The second kappa shape index (κ2) is 11.0. The van der Waals surface area contributed by atoms with E-state index in [1.165, 1.54) is 19.2 Å². The molecule has 0 aliphatic rings. The molecule has 4 aromatic carbocycles. The van der Waals surface area contributed by atoms with E-state index in [1.54, 1.807) is 60.7 Å². The predicted molar refractivity (Wildman–Crippen MR) is 143 cm³/mol. The van der Waals surface area contributed by atoms with E-state index in [0.29, 0.717) is 41.2 Å². The summed E-state index contributed by atoms with van der Waals surface area (Å²) < 4.78 is 33.6.